The van der Waals surface area contributed by atoms with E-state index in [-0.39, 0.29) is 0 Å². The smallest absolute Gasteiger partial charge is 0.191 e. The van der Waals surface area contributed by atoms with Gasteiger partial charge in [-0.2, -0.15) is 0 Å². The lowest BCUT2D eigenvalue weighted by molar-refractivity contribution is 0.145. The molecule has 2 N–H and O–H groups in total. The number of hydrogen-bond acceptors (Lipinski definition) is 6. The minimum atomic E-state index is 0.376. The third-order valence-electron chi connectivity index (χ3n) is 5.58. The molecule has 0 bridgehead atoms. The van der Waals surface area contributed by atoms with Crippen molar-refractivity contribution in [3.05, 3.63) is 35.5 Å². The van der Waals surface area contributed by atoms with Crippen LogP contribution in [0.3, 0.4) is 0 Å². The number of rotatable bonds is 9. The Bertz CT molecular complexity index is 825. The summed E-state index contributed by atoms with van der Waals surface area (Å²) in [5.41, 5.74) is 1.19. The first-order chi connectivity index (χ1) is 15.1. The van der Waals surface area contributed by atoms with Crippen molar-refractivity contribution < 1.29 is 4.74 Å². The number of anilines is 1. The van der Waals surface area contributed by atoms with Crippen LogP contribution in [0.4, 0.5) is 5.82 Å². The highest BCUT2D eigenvalue weighted by Gasteiger charge is 2.21. The zero-order valence-corrected chi connectivity index (χ0v) is 19.3. The fourth-order valence-corrected chi connectivity index (χ4v) is 3.51. The number of hydrogen-bond donors (Lipinski definition) is 2. The quantitative estimate of drug-likeness (QED) is 0.358. The zero-order valence-electron chi connectivity index (χ0n) is 19.3. The van der Waals surface area contributed by atoms with E-state index in [0.717, 1.165) is 75.5 Å². The Kier molecular flexibility index (Phi) is 8.63. The Morgan fingerprint density at radius 2 is 2.03 bits per heavy atom. The fraction of sp³-hybridized carbons (Fsp3) is 0.636. The average molecular weight is 429 g/mol. The van der Waals surface area contributed by atoms with Crippen molar-refractivity contribution in [1.29, 1.82) is 0 Å². The summed E-state index contributed by atoms with van der Waals surface area (Å²) in [5.74, 6) is 3.63. The minimum absolute atomic E-state index is 0.376. The van der Waals surface area contributed by atoms with Gasteiger partial charge in [-0.3, -0.25) is 0 Å². The van der Waals surface area contributed by atoms with Crippen LogP contribution in [0, 0.1) is 13.8 Å². The van der Waals surface area contributed by atoms with E-state index in [1.54, 1.807) is 0 Å². The molecule has 1 saturated heterocycles. The molecule has 2 aromatic heterocycles. The molecule has 0 unspecified atom stereocenters. The maximum absolute atomic E-state index is 5.44. The van der Waals surface area contributed by atoms with Gasteiger partial charge in [-0.1, -0.05) is 6.07 Å². The number of aliphatic imine (C=N–C) groups is 1. The van der Waals surface area contributed by atoms with Crippen molar-refractivity contribution >= 4 is 11.8 Å². The highest BCUT2D eigenvalue weighted by atomic mass is 16.5. The Balaban J connectivity index is 1.55. The van der Waals surface area contributed by atoms with Gasteiger partial charge in [0.05, 0.1) is 0 Å². The summed E-state index contributed by atoms with van der Waals surface area (Å²) < 4.78 is 7.42. The Labute approximate surface area is 185 Å². The molecule has 2 aromatic rings. The van der Waals surface area contributed by atoms with Gasteiger partial charge < -0.3 is 24.8 Å². The number of aryl methyl sites for hydroxylation is 2. The largest absolute Gasteiger partial charge is 0.382 e. The van der Waals surface area contributed by atoms with Crippen LogP contribution in [-0.2, 0) is 18.3 Å². The summed E-state index contributed by atoms with van der Waals surface area (Å²) in [7, 11) is 1.97. The molecule has 9 nitrogen and oxygen atoms in total. The second-order valence-corrected chi connectivity index (χ2v) is 7.96. The number of pyridine rings is 1. The highest BCUT2D eigenvalue weighted by molar-refractivity contribution is 5.80. The maximum Gasteiger partial charge on any atom is 0.191 e. The van der Waals surface area contributed by atoms with Gasteiger partial charge in [-0.05, 0) is 51.7 Å². The molecule has 3 rings (SSSR count). The first-order valence-electron chi connectivity index (χ1n) is 11.2. The normalized spacial score (nSPS) is 15.4. The lowest BCUT2D eigenvalue weighted by Gasteiger charge is -2.34. The molecule has 0 radical (unpaired) electrons. The molecule has 170 valence electrons. The van der Waals surface area contributed by atoms with Gasteiger partial charge in [-0.15, -0.1) is 10.2 Å². The monoisotopic (exact) mass is 428 g/mol. The van der Waals surface area contributed by atoms with Crippen LogP contribution in [-0.4, -0.2) is 64.6 Å². The van der Waals surface area contributed by atoms with E-state index < -0.39 is 0 Å². The summed E-state index contributed by atoms with van der Waals surface area (Å²) in [6.07, 6.45) is 4.95. The van der Waals surface area contributed by atoms with Crippen molar-refractivity contribution in [2.24, 2.45) is 12.0 Å². The molecule has 0 amide bonds. The predicted molar refractivity (Wildman–Crippen MR) is 123 cm³/mol. The molecule has 31 heavy (non-hydrogen) atoms. The SMILES string of the molecule is CCOCCCNC(=NCc1nnc(C)n1C)NC1CCN(c2ccc(C)cn2)CC1. The first-order valence-corrected chi connectivity index (χ1v) is 11.2. The maximum atomic E-state index is 5.44. The van der Waals surface area contributed by atoms with Crippen molar-refractivity contribution in [2.45, 2.75) is 52.6 Å². The minimum Gasteiger partial charge on any atom is -0.382 e. The summed E-state index contributed by atoms with van der Waals surface area (Å²) >= 11 is 0. The van der Waals surface area contributed by atoms with Gasteiger partial charge in [-0.25, -0.2) is 9.98 Å². The number of aromatic nitrogens is 4. The van der Waals surface area contributed by atoms with E-state index in [4.69, 9.17) is 9.73 Å². The van der Waals surface area contributed by atoms with Gasteiger partial charge in [0, 0.05) is 52.1 Å². The van der Waals surface area contributed by atoms with Gasteiger partial charge in [0.25, 0.3) is 0 Å². The van der Waals surface area contributed by atoms with E-state index in [1.165, 1.54) is 5.56 Å². The van der Waals surface area contributed by atoms with Gasteiger partial charge in [0.15, 0.2) is 11.8 Å². The molecule has 1 fully saturated rings. The summed E-state index contributed by atoms with van der Waals surface area (Å²) in [5, 5.41) is 15.4. The lowest BCUT2D eigenvalue weighted by Crippen LogP contribution is -2.49. The van der Waals surface area contributed by atoms with Crippen LogP contribution < -0.4 is 15.5 Å². The Morgan fingerprint density at radius 3 is 2.68 bits per heavy atom. The molecule has 0 saturated carbocycles. The predicted octanol–water partition coefficient (Wildman–Crippen LogP) is 1.96. The van der Waals surface area contributed by atoms with Crippen molar-refractivity contribution in [1.82, 2.24) is 30.4 Å². The zero-order chi connectivity index (χ0) is 22.1. The molecular formula is C22H36N8O. The summed E-state index contributed by atoms with van der Waals surface area (Å²) in [6, 6.07) is 4.61. The molecule has 3 heterocycles. The topological polar surface area (TPSA) is 92.5 Å². The number of guanidine groups is 1. The van der Waals surface area contributed by atoms with Gasteiger partial charge in [0.1, 0.15) is 18.2 Å². The average Bonchev–Trinajstić information content (AvgIpc) is 3.10. The molecular weight excluding hydrogens is 392 g/mol. The second-order valence-electron chi connectivity index (χ2n) is 7.96. The van der Waals surface area contributed by atoms with Crippen LogP contribution in [0.1, 0.15) is 43.4 Å². The lowest BCUT2D eigenvalue weighted by atomic mass is 10.1. The van der Waals surface area contributed by atoms with E-state index in [0.29, 0.717) is 12.6 Å². The van der Waals surface area contributed by atoms with Gasteiger partial charge >= 0.3 is 0 Å². The van der Waals surface area contributed by atoms with Crippen molar-refractivity contribution in [3.8, 4) is 0 Å². The number of nitrogens with one attached hydrogen (secondary N) is 2. The van der Waals surface area contributed by atoms with Crippen molar-refractivity contribution in [3.63, 3.8) is 0 Å². The number of nitrogens with zero attached hydrogens (tertiary/aromatic N) is 6. The third kappa shape index (κ3) is 6.92. The summed E-state index contributed by atoms with van der Waals surface area (Å²) in [6.45, 7) is 10.8. The molecule has 1 aliphatic heterocycles. The van der Waals surface area contributed by atoms with Crippen LogP contribution >= 0.6 is 0 Å². The molecule has 1 aliphatic rings. The third-order valence-corrected chi connectivity index (χ3v) is 5.58. The van der Waals surface area contributed by atoms with Crippen molar-refractivity contribution in [2.75, 3.05) is 37.7 Å². The van der Waals surface area contributed by atoms with Crippen LogP contribution in [0.15, 0.2) is 23.3 Å². The van der Waals surface area contributed by atoms with Gasteiger partial charge in [0.2, 0.25) is 0 Å². The van der Waals surface area contributed by atoms with E-state index in [9.17, 15) is 0 Å². The Morgan fingerprint density at radius 1 is 1.23 bits per heavy atom. The Hall–Kier alpha value is -2.68. The molecule has 0 spiro atoms. The standard InChI is InChI=1S/C22H36N8O/c1-5-31-14-6-11-23-22(25-16-21-28-27-18(3)29(21)4)26-19-9-12-30(13-10-19)20-8-7-17(2)15-24-20/h7-8,15,19H,5-6,9-14,16H2,1-4H3,(H2,23,25,26). The molecule has 9 heteroatoms. The molecule has 0 aromatic carbocycles. The van der Waals surface area contributed by atoms with Crippen LogP contribution in [0.5, 0.6) is 0 Å². The molecule has 0 aliphatic carbocycles. The molecule has 0 atom stereocenters. The van der Waals surface area contributed by atoms with E-state index >= 15 is 0 Å². The summed E-state index contributed by atoms with van der Waals surface area (Å²) in [4.78, 5) is 11.7. The van der Waals surface area contributed by atoms with Crippen LogP contribution in [0.25, 0.3) is 0 Å². The fourth-order valence-electron chi connectivity index (χ4n) is 3.51. The second kappa shape index (κ2) is 11.6. The highest BCUT2D eigenvalue weighted by Crippen LogP contribution is 2.18. The first kappa shape index (κ1) is 23.0. The van der Waals surface area contributed by atoms with Crippen LogP contribution in [0.2, 0.25) is 0 Å². The number of piperidine rings is 1. The van der Waals surface area contributed by atoms with E-state index in [1.807, 2.05) is 31.7 Å². The van der Waals surface area contributed by atoms with E-state index in [2.05, 4.69) is 49.8 Å². The number of ether oxygens (including phenoxy) is 1.